The molecule has 1 amide bonds. The zero-order valence-electron chi connectivity index (χ0n) is 6.96. The quantitative estimate of drug-likeness (QED) is 0.574. The van der Waals surface area contributed by atoms with E-state index >= 15 is 0 Å². The van der Waals surface area contributed by atoms with E-state index < -0.39 is 0 Å². The third kappa shape index (κ3) is 1.70. The van der Waals surface area contributed by atoms with E-state index in [1.807, 2.05) is 6.92 Å². The number of carbonyl (C=O) groups is 1. The van der Waals surface area contributed by atoms with Crippen LogP contribution in [0.4, 0.5) is 0 Å². The molecule has 66 valence electrons. The first-order valence-electron chi connectivity index (χ1n) is 3.94. The smallest absolute Gasteiger partial charge is 0.238 e. The van der Waals surface area contributed by atoms with E-state index in [1.54, 1.807) is 4.90 Å². The van der Waals surface area contributed by atoms with Gasteiger partial charge >= 0.3 is 0 Å². The van der Waals surface area contributed by atoms with Gasteiger partial charge in [0.1, 0.15) is 11.9 Å². The van der Waals surface area contributed by atoms with Gasteiger partial charge in [-0.3, -0.25) is 4.79 Å². The largest absolute Gasteiger partial charge is 0.325 e. The van der Waals surface area contributed by atoms with Gasteiger partial charge in [-0.25, -0.2) is 0 Å². The molecule has 0 aromatic rings. The van der Waals surface area contributed by atoms with Gasteiger partial charge in [0.25, 0.3) is 0 Å². The average molecular weight is 187 g/mol. The van der Waals surface area contributed by atoms with Gasteiger partial charge in [0.15, 0.2) is 0 Å². The highest BCUT2D eigenvalue weighted by Gasteiger charge is 2.32. The zero-order chi connectivity index (χ0) is 9.14. The number of nitrogens with zero attached hydrogens (tertiary/aromatic N) is 2. The van der Waals surface area contributed by atoms with Crippen LogP contribution in [0.5, 0.6) is 0 Å². The number of rotatable bonds is 1. The van der Waals surface area contributed by atoms with Crippen LogP contribution in [0.3, 0.4) is 0 Å². The summed E-state index contributed by atoms with van der Waals surface area (Å²) in [5.74, 6) is 0.264. The molecule has 0 spiro atoms. The molecule has 1 saturated heterocycles. The Hall–Kier alpha value is -0.750. The lowest BCUT2D eigenvalue weighted by molar-refractivity contribution is -0.128. The molecule has 3 nitrogen and oxygen atoms in total. The summed E-state index contributed by atoms with van der Waals surface area (Å²) >= 11 is 5.40. The summed E-state index contributed by atoms with van der Waals surface area (Å²) in [4.78, 5) is 12.7. The Kier molecular flexibility index (Phi) is 2.93. The summed E-state index contributed by atoms with van der Waals surface area (Å²) in [5.41, 5.74) is 0. The lowest BCUT2D eigenvalue weighted by Crippen LogP contribution is -2.35. The molecule has 1 aliphatic rings. The van der Waals surface area contributed by atoms with Crippen LogP contribution in [-0.2, 0) is 4.79 Å². The maximum Gasteiger partial charge on any atom is 0.238 e. The molecule has 1 rings (SSSR count). The number of hydrogen-bond donors (Lipinski definition) is 0. The molecule has 0 bridgehead atoms. The van der Waals surface area contributed by atoms with E-state index in [4.69, 9.17) is 16.9 Å². The Morgan fingerprint density at radius 2 is 2.50 bits per heavy atom. The SMILES string of the molecule is CC1CC(C#N)N(C(=O)CCl)C1. The topological polar surface area (TPSA) is 44.1 Å². The molecule has 2 unspecified atom stereocenters. The van der Waals surface area contributed by atoms with Gasteiger partial charge < -0.3 is 4.90 Å². The predicted octanol–water partition coefficient (Wildman–Crippen LogP) is 0.986. The summed E-state index contributed by atoms with van der Waals surface area (Å²) in [5, 5.41) is 8.71. The Labute approximate surface area is 76.9 Å². The maximum atomic E-state index is 11.2. The van der Waals surface area contributed by atoms with E-state index in [9.17, 15) is 4.79 Å². The lowest BCUT2D eigenvalue weighted by atomic mass is 10.1. The number of hydrogen-bond acceptors (Lipinski definition) is 2. The standard InChI is InChI=1S/C8H11ClN2O/c1-6-2-7(4-10)11(5-6)8(12)3-9/h6-7H,2-3,5H2,1H3. The first kappa shape index (κ1) is 9.34. The van der Waals surface area contributed by atoms with Crippen molar-refractivity contribution < 1.29 is 4.79 Å². The molecule has 0 aliphatic carbocycles. The van der Waals surface area contributed by atoms with E-state index in [1.165, 1.54) is 0 Å². The highest BCUT2D eigenvalue weighted by atomic mass is 35.5. The molecule has 0 radical (unpaired) electrons. The van der Waals surface area contributed by atoms with E-state index in [-0.39, 0.29) is 17.8 Å². The van der Waals surface area contributed by atoms with Gasteiger partial charge in [0.2, 0.25) is 5.91 Å². The van der Waals surface area contributed by atoms with E-state index in [0.29, 0.717) is 12.5 Å². The second-order valence-corrected chi connectivity index (χ2v) is 3.43. The molecule has 0 aromatic heterocycles. The summed E-state index contributed by atoms with van der Waals surface area (Å²) in [7, 11) is 0. The first-order chi connectivity index (χ1) is 5.69. The molecular formula is C8H11ClN2O. The fraction of sp³-hybridized carbons (Fsp3) is 0.750. The van der Waals surface area contributed by atoms with Crippen molar-refractivity contribution in [1.29, 1.82) is 5.26 Å². The third-order valence-electron chi connectivity index (χ3n) is 2.09. The summed E-state index contributed by atoms with van der Waals surface area (Å²) in [6.07, 6.45) is 0.777. The van der Waals surface area contributed by atoms with Crippen molar-refractivity contribution in [1.82, 2.24) is 4.90 Å². The van der Waals surface area contributed by atoms with Crippen molar-refractivity contribution in [2.24, 2.45) is 5.92 Å². The van der Waals surface area contributed by atoms with Crippen LogP contribution in [0.15, 0.2) is 0 Å². The Morgan fingerprint density at radius 3 is 3.00 bits per heavy atom. The van der Waals surface area contributed by atoms with E-state index in [0.717, 1.165) is 6.42 Å². The minimum absolute atomic E-state index is 0.0229. The molecule has 2 atom stereocenters. The molecule has 0 saturated carbocycles. The Bertz CT molecular complexity index is 224. The van der Waals surface area contributed by atoms with Crippen molar-refractivity contribution in [2.75, 3.05) is 12.4 Å². The second kappa shape index (κ2) is 3.77. The summed E-state index contributed by atoms with van der Waals surface area (Å²) < 4.78 is 0. The average Bonchev–Trinajstić information content (AvgIpc) is 2.45. The fourth-order valence-corrected chi connectivity index (χ4v) is 1.67. The van der Waals surface area contributed by atoms with Crippen molar-refractivity contribution in [3.05, 3.63) is 0 Å². The molecule has 0 N–H and O–H groups in total. The minimum atomic E-state index is -0.258. The van der Waals surface area contributed by atoms with Crippen LogP contribution in [-0.4, -0.2) is 29.3 Å². The fourth-order valence-electron chi connectivity index (χ4n) is 1.52. The van der Waals surface area contributed by atoms with Crippen LogP contribution in [0.1, 0.15) is 13.3 Å². The Balaban J connectivity index is 2.65. The normalized spacial score (nSPS) is 28.6. The number of carbonyl (C=O) groups excluding carboxylic acids is 1. The van der Waals surface area contributed by atoms with Crippen LogP contribution >= 0.6 is 11.6 Å². The molecule has 1 aliphatic heterocycles. The van der Waals surface area contributed by atoms with Crippen molar-refractivity contribution in [2.45, 2.75) is 19.4 Å². The predicted molar refractivity (Wildman–Crippen MR) is 45.6 cm³/mol. The second-order valence-electron chi connectivity index (χ2n) is 3.17. The van der Waals surface area contributed by atoms with Crippen molar-refractivity contribution >= 4 is 17.5 Å². The molecule has 4 heteroatoms. The highest BCUT2D eigenvalue weighted by Crippen LogP contribution is 2.22. The van der Waals surface area contributed by atoms with Crippen molar-refractivity contribution in [3.63, 3.8) is 0 Å². The summed E-state index contributed by atoms with van der Waals surface area (Å²) in [6, 6.07) is 1.85. The minimum Gasteiger partial charge on any atom is -0.325 e. The number of amides is 1. The van der Waals surface area contributed by atoms with Gasteiger partial charge in [-0.15, -0.1) is 11.6 Å². The highest BCUT2D eigenvalue weighted by molar-refractivity contribution is 6.27. The molecule has 0 aromatic carbocycles. The monoisotopic (exact) mass is 186 g/mol. The number of halogens is 1. The molecule has 1 heterocycles. The van der Waals surface area contributed by atoms with Gasteiger partial charge in [0.05, 0.1) is 6.07 Å². The first-order valence-corrected chi connectivity index (χ1v) is 4.47. The van der Waals surface area contributed by atoms with Gasteiger partial charge in [-0.2, -0.15) is 5.26 Å². The van der Waals surface area contributed by atoms with Crippen LogP contribution in [0.2, 0.25) is 0 Å². The Morgan fingerprint density at radius 1 is 1.83 bits per heavy atom. The third-order valence-corrected chi connectivity index (χ3v) is 2.32. The van der Waals surface area contributed by atoms with E-state index in [2.05, 4.69) is 6.07 Å². The number of nitriles is 1. The van der Waals surface area contributed by atoms with Gasteiger partial charge in [-0.05, 0) is 12.3 Å². The maximum absolute atomic E-state index is 11.2. The van der Waals surface area contributed by atoms with Crippen LogP contribution < -0.4 is 0 Å². The summed E-state index contributed by atoms with van der Waals surface area (Å²) in [6.45, 7) is 2.70. The van der Waals surface area contributed by atoms with Crippen LogP contribution in [0, 0.1) is 17.2 Å². The zero-order valence-corrected chi connectivity index (χ0v) is 7.71. The van der Waals surface area contributed by atoms with Crippen molar-refractivity contribution in [3.8, 4) is 6.07 Å². The molecule has 1 fully saturated rings. The van der Waals surface area contributed by atoms with Gasteiger partial charge in [-0.1, -0.05) is 6.92 Å². The van der Waals surface area contributed by atoms with Crippen LogP contribution in [0.25, 0.3) is 0 Å². The number of alkyl halides is 1. The lowest BCUT2D eigenvalue weighted by Gasteiger charge is -2.17. The van der Waals surface area contributed by atoms with Gasteiger partial charge in [0, 0.05) is 6.54 Å². The number of likely N-dealkylation sites (tertiary alicyclic amines) is 1. The molecule has 12 heavy (non-hydrogen) atoms. The molecular weight excluding hydrogens is 176 g/mol.